The van der Waals surface area contributed by atoms with Gasteiger partial charge in [0.1, 0.15) is 17.9 Å². The predicted molar refractivity (Wildman–Crippen MR) is 133 cm³/mol. The summed E-state index contributed by atoms with van der Waals surface area (Å²) in [6, 6.07) is 7.46. The largest absolute Gasteiger partial charge is 0.465 e. The van der Waals surface area contributed by atoms with Crippen molar-refractivity contribution in [2.45, 2.75) is 58.4 Å². The highest BCUT2D eigenvalue weighted by Crippen LogP contribution is 2.45. The van der Waals surface area contributed by atoms with Crippen LogP contribution in [0.25, 0.3) is 0 Å². The molecule has 11 nitrogen and oxygen atoms in total. The third-order valence-electron chi connectivity index (χ3n) is 5.30. The first kappa shape index (κ1) is 27.6. The molecule has 0 amide bonds. The molecule has 4 atom stereocenters. The SMILES string of the molecule is CCCCCOC(=O)C(C)NP(=O)(OC[C@@H]1C=C[C@H](n2cc(C)c(=O)[nH]c2=O)O1)Oc1ccccc1. The van der Waals surface area contributed by atoms with Crippen LogP contribution in [0.5, 0.6) is 5.75 Å². The van der Waals surface area contributed by atoms with Gasteiger partial charge in [0, 0.05) is 11.8 Å². The number of aryl methyl sites for hydroxylation is 1. The van der Waals surface area contributed by atoms with E-state index in [-0.39, 0.29) is 19.0 Å². The number of aromatic nitrogens is 2. The highest BCUT2D eigenvalue weighted by Gasteiger charge is 2.34. The molecule has 2 unspecified atom stereocenters. The average Bonchev–Trinajstić information content (AvgIpc) is 3.32. The number of ether oxygens (including phenoxy) is 2. The van der Waals surface area contributed by atoms with Crippen molar-refractivity contribution in [2.75, 3.05) is 13.2 Å². The van der Waals surface area contributed by atoms with Gasteiger partial charge in [0.2, 0.25) is 0 Å². The van der Waals surface area contributed by atoms with E-state index in [0.29, 0.717) is 5.56 Å². The number of para-hydroxylation sites is 1. The highest BCUT2D eigenvalue weighted by molar-refractivity contribution is 7.52. The Morgan fingerprint density at radius 3 is 2.69 bits per heavy atom. The minimum Gasteiger partial charge on any atom is -0.465 e. The first-order valence-electron chi connectivity index (χ1n) is 11.8. The van der Waals surface area contributed by atoms with Crippen LogP contribution < -0.4 is 20.9 Å². The van der Waals surface area contributed by atoms with Crippen molar-refractivity contribution in [2.24, 2.45) is 0 Å². The zero-order valence-electron chi connectivity index (χ0n) is 20.5. The number of unbranched alkanes of at least 4 members (excludes halogenated alkanes) is 2. The Hall–Kier alpha value is -2.98. The molecular formula is C24H32N3O8P. The Balaban J connectivity index is 1.65. The van der Waals surface area contributed by atoms with E-state index in [1.807, 2.05) is 6.92 Å². The number of carbonyl (C=O) groups excluding carboxylic acids is 1. The molecule has 1 aromatic carbocycles. The lowest BCUT2D eigenvalue weighted by atomic mass is 10.3. The number of hydrogen-bond donors (Lipinski definition) is 2. The Kier molecular flexibility index (Phi) is 9.83. The summed E-state index contributed by atoms with van der Waals surface area (Å²) in [5.74, 6) is -0.288. The number of benzene rings is 1. The summed E-state index contributed by atoms with van der Waals surface area (Å²) in [5.41, 5.74) is -0.735. The van der Waals surface area contributed by atoms with Crippen LogP contribution in [0, 0.1) is 6.92 Å². The Morgan fingerprint density at radius 1 is 1.22 bits per heavy atom. The summed E-state index contributed by atoms with van der Waals surface area (Å²) in [4.78, 5) is 38.4. The van der Waals surface area contributed by atoms with Crippen molar-refractivity contribution in [3.8, 4) is 5.75 Å². The molecule has 2 N–H and O–H groups in total. The van der Waals surface area contributed by atoms with Crippen LogP contribution in [-0.2, 0) is 23.4 Å². The molecule has 12 heteroatoms. The van der Waals surface area contributed by atoms with Crippen molar-refractivity contribution in [3.63, 3.8) is 0 Å². The molecule has 1 aliphatic rings. The van der Waals surface area contributed by atoms with Gasteiger partial charge in [-0.3, -0.25) is 23.7 Å². The maximum absolute atomic E-state index is 13.6. The highest BCUT2D eigenvalue weighted by atomic mass is 31.2. The maximum atomic E-state index is 13.6. The lowest BCUT2D eigenvalue weighted by Crippen LogP contribution is -2.36. The maximum Gasteiger partial charge on any atom is 0.459 e. The number of carbonyl (C=O) groups is 1. The van der Waals surface area contributed by atoms with E-state index in [1.165, 1.54) is 17.7 Å². The van der Waals surface area contributed by atoms with E-state index >= 15 is 0 Å². The summed E-state index contributed by atoms with van der Waals surface area (Å²) < 4.78 is 37.1. The summed E-state index contributed by atoms with van der Waals surface area (Å²) in [6.45, 7) is 5.22. The van der Waals surface area contributed by atoms with E-state index in [1.54, 1.807) is 49.4 Å². The second-order valence-electron chi connectivity index (χ2n) is 8.35. The van der Waals surface area contributed by atoms with Crippen LogP contribution in [0.2, 0.25) is 0 Å². The van der Waals surface area contributed by atoms with Crippen LogP contribution in [0.15, 0.2) is 58.3 Å². The molecule has 0 aliphatic carbocycles. The number of nitrogens with zero attached hydrogens (tertiary/aromatic N) is 1. The Bertz CT molecular complexity index is 1210. The van der Waals surface area contributed by atoms with Gasteiger partial charge in [-0.1, -0.05) is 44.0 Å². The van der Waals surface area contributed by atoms with Crippen molar-refractivity contribution < 1.29 is 27.9 Å². The van der Waals surface area contributed by atoms with Crippen LogP contribution in [0.3, 0.4) is 0 Å². The molecule has 0 spiro atoms. The van der Waals surface area contributed by atoms with Crippen LogP contribution in [0.4, 0.5) is 0 Å². The van der Waals surface area contributed by atoms with Gasteiger partial charge >= 0.3 is 19.4 Å². The molecule has 2 heterocycles. The second-order valence-corrected chi connectivity index (χ2v) is 10.0. The van der Waals surface area contributed by atoms with E-state index in [2.05, 4.69) is 10.1 Å². The normalized spacial score (nSPS) is 19.5. The second kappa shape index (κ2) is 12.8. The monoisotopic (exact) mass is 521 g/mol. The van der Waals surface area contributed by atoms with Gasteiger partial charge in [-0.25, -0.2) is 9.36 Å². The van der Waals surface area contributed by atoms with Crippen molar-refractivity contribution >= 4 is 13.7 Å². The molecule has 0 saturated heterocycles. The fourth-order valence-electron chi connectivity index (χ4n) is 3.34. The van der Waals surface area contributed by atoms with Gasteiger partial charge in [0.25, 0.3) is 5.56 Å². The first-order chi connectivity index (χ1) is 17.2. The number of rotatable bonds is 13. The van der Waals surface area contributed by atoms with E-state index in [9.17, 15) is 18.9 Å². The van der Waals surface area contributed by atoms with Gasteiger partial charge in [-0.05, 0) is 38.5 Å². The first-order valence-corrected chi connectivity index (χ1v) is 13.3. The molecule has 196 valence electrons. The summed E-state index contributed by atoms with van der Waals surface area (Å²) in [7, 11) is -4.04. The van der Waals surface area contributed by atoms with Gasteiger partial charge in [0.05, 0.1) is 13.2 Å². The summed E-state index contributed by atoms with van der Waals surface area (Å²) in [5, 5.41) is 2.63. The van der Waals surface area contributed by atoms with Crippen molar-refractivity contribution in [1.82, 2.24) is 14.6 Å². The molecule has 1 aromatic heterocycles. The molecule has 0 bridgehead atoms. The lowest BCUT2D eigenvalue weighted by Gasteiger charge is -2.24. The van der Waals surface area contributed by atoms with E-state index < -0.39 is 43.3 Å². The minimum atomic E-state index is -4.04. The zero-order chi connectivity index (χ0) is 26.1. The number of nitrogens with one attached hydrogen (secondary N) is 2. The topological polar surface area (TPSA) is 138 Å². The number of hydrogen-bond acceptors (Lipinski definition) is 8. The van der Waals surface area contributed by atoms with Crippen molar-refractivity contribution in [3.05, 3.63) is 75.1 Å². The van der Waals surface area contributed by atoms with Gasteiger partial charge in [0.15, 0.2) is 6.23 Å². The molecule has 0 radical (unpaired) electrons. The molecule has 0 saturated carbocycles. The fraction of sp³-hybridized carbons (Fsp3) is 0.458. The van der Waals surface area contributed by atoms with Crippen LogP contribution in [0.1, 0.15) is 44.9 Å². The van der Waals surface area contributed by atoms with E-state index in [0.717, 1.165) is 19.3 Å². The number of aromatic amines is 1. The summed E-state index contributed by atoms with van der Waals surface area (Å²) in [6.07, 6.45) is 5.91. The third kappa shape index (κ3) is 7.76. The van der Waals surface area contributed by atoms with Crippen LogP contribution in [-0.4, -0.2) is 40.9 Å². The molecule has 3 rings (SSSR count). The standard InChI is InChI=1S/C24H32N3O8P/c1-4-5-9-14-32-23(29)18(3)26-36(31,35-19-10-7-6-8-11-19)33-16-20-12-13-21(34-20)27-15-17(2)22(28)25-24(27)30/h6-8,10-13,15,18,20-21H,4-5,9,14,16H2,1-3H3,(H,26,31)(H,25,28,30)/t18?,20-,21+,36?/m0/s1. The molecular weight excluding hydrogens is 489 g/mol. The quantitative estimate of drug-likeness (QED) is 0.176. The van der Waals surface area contributed by atoms with Gasteiger partial charge < -0.3 is 14.0 Å². The summed E-state index contributed by atoms with van der Waals surface area (Å²) >= 11 is 0. The molecule has 1 aliphatic heterocycles. The Morgan fingerprint density at radius 2 is 1.97 bits per heavy atom. The fourth-order valence-corrected chi connectivity index (χ4v) is 4.84. The smallest absolute Gasteiger partial charge is 0.459 e. The van der Waals surface area contributed by atoms with Crippen molar-refractivity contribution in [1.29, 1.82) is 0 Å². The molecule has 2 aromatic rings. The third-order valence-corrected chi connectivity index (χ3v) is 6.94. The minimum absolute atomic E-state index is 0.195. The number of H-pyrrole nitrogens is 1. The molecule has 36 heavy (non-hydrogen) atoms. The molecule has 0 fully saturated rings. The lowest BCUT2D eigenvalue weighted by molar-refractivity contribution is -0.145. The van der Waals surface area contributed by atoms with Gasteiger partial charge in [-0.15, -0.1) is 0 Å². The average molecular weight is 522 g/mol. The van der Waals surface area contributed by atoms with Crippen LogP contribution >= 0.6 is 7.75 Å². The van der Waals surface area contributed by atoms with Gasteiger partial charge in [-0.2, -0.15) is 5.09 Å². The predicted octanol–water partition coefficient (Wildman–Crippen LogP) is 3.21. The Labute approximate surface area is 209 Å². The van der Waals surface area contributed by atoms with E-state index in [4.69, 9.17) is 18.5 Å². The number of esters is 1. The zero-order valence-corrected chi connectivity index (χ0v) is 21.4.